The predicted octanol–water partition coefficient (Wildman–Crippen LogP) is 1.07. The van der Waals surface area contributed by atoms with Crippen LogP contribution in [-0.4, -0.2) is 24.5 Å². The quantitative estimate of drug-likeness (QED) is 0.625. The molecule has 1 aromatic carbocycles. The summed E-state index contributed by atoms with van der Waals surface area (Å²) in [6.07, 6.45) is 1.26. The summed E-state index contributed by atoms with van der Waals surface area (Å²) in [4.78, 5) is 23.3. The summed E-state index contributed by atoms with van der Waals surface area (Å²) in [6, 6.07) is 7.16. The molecule has 0 unspecified atom stereocenters. The van der Waals surface area contributed by atoms with Crippen LogP contribution in [0.15, 0.2) is 36.9 Å². The zero-order chi connectivity index (χ0) is 12.3. The summed E-state index contributed by atoms with van der Waals surface area (Å²) in [5.74, 6) is -0.724. The molecule has 1 aliphatic heterocycles. The highest BCUT2D eigenvalue weighted by atomic mass is 16.5. The van der Waals surface area contributed by atoms with E-state index in [2.05, 4.69) is 11.9 Å². The van der Waals surface area contributed by atoms with Gasteiger partial charge in [-0.1, -0.05) is 24.3 Å². The van der Waals surface area contributed by atoms with E-state index in [9.17, 15) is 9.59 Å². The fourth-order valence-corrected chi connectivity index (χ4v) is 1.76. The molecule has 1 aliphatic rings. The number of amides is 1. The standard InChI is InChI=1S/C13H13NO3/c1-2-7-14-12(15)11-8-9-5-3-4-6-10(9)13(16)17-11/h2-6,11H,1,7-8H2,(H,14,15)/t11-/m0/s1. The smallest absolute Gasteiger partial charge is 0.339 e. The van der Waals surface area contributed by atoms with E-state index in [0.29, 0.717) is 18.5 Å². The maximum atomic E-state index is 11.7. The SMILES string of the molecule is C=CCNC(=O)[C@@H]1Cc2ccccc2C(=O)O1. The van der Waals surface area contributed by atoms with Gasteiger partial charge in [0.2, 0.25) is 0 Å². The van der Waals surface area contributed by atoms with Crippen molar-refractivity contribution in [1.29, 1.82) is 0 Å². The van der Waals surface area contributed by atoms with Crippen LogP contribution in [0.4, 0.5) is 0 Å². The molecular formula is C13H13NO3. The number of esters is 1. The van der Waals surface area contributed by atoms with E-state index in [1.165, 1.54) is 0 Å². The van der Waals surface area contributed by atoms with Crippen molar-refractivity contribution in [2.24, 2.45) is 0 Å². The molecule has 4 nitrogen and oxygen atoms in total. The number of hydrogen-bond acceptors (Lipinski definition) is 3. The lowest BCUT2D eigenvalue weighted by Gasteiger charge is -2.23. The minimum Gasteiger partial charge on any atom is -0.448 e. The van der Waals surface area contributed by atoms with E-state index in [0.717, 1.165) is 5.56 Å². The molecule has 1 N–H and O–H groups in total. The summed E-state index contributed by atoms with van der Waals surface area (Å²) < 4.78 is 5.09. The Morgan fingerprint density at radius 3 is 3.06 bits per heavy atom. The number of carbonyl (C=O) groups is 2. The molecule has 1 amide bonds. The van der Waals surface area contributed by atoms with Gasteiger partial charge < -0.3 is 10.1 Å². The van der Waals surface area contributed by atoms with E-state index in [1.54, 1.807) is 18.2 Å². The van der Waals surface area contributed by atoms with Crippen molar-refractivity contribution in [3.63, 3.8) is 0 Å². The summed E-state index contributed by atoms with van der Waals surface area (Å²) in [6.45, 7) is 3.88. The number of rotatable bonds is 3. The Morgan fingerprint density at radius 1 is 1.53 bits per heavy atom. The van der Waals surface area contributed by atoms with Crippen molar-refractivity contribution >= 4 is 11.9 Å². The molecular weight excluding hydrogens is 218 g/mol. The Morgan fingerprint density at radius 2 is 2.29 bits per heavy atom. The minimum absolute atomic E-state index is 0.284. The van der Waals surface area contributed by atoms with Crippen LogP contribution in [0.25, 0.3) is 0 Å². The first-order valence-corrected chi connectivity index (χ1v) is 5.40. The lowest BCUT2D eigenvalue weighted by atomic mass is 9.98. The zero-order valence-electron chi connectivity index (χ0n) is 9.31. The maximum Gasteiger partial charge on any atom is 0.339 e. The molecule has 0 saturated carbocycles. The van der Waals surface area contributed by atoms with Gasteiger partial charge in [0.05, 0.1) is 5.56 Å². The maximum absolute atomic E-state index is 11.7. The average molecular weight is 231 g/mol. The summed E-state index contributed by atoms with van der Waals surface area (Å²) in [5, 5.41) is 2.62. The largest absolute Gasteiger partial charge is 0.448 e. The van der Waals surface area contributed by atoms with E-state index in [4.69, 9.17) is 4.74 Å². The highest BCUT2D eigenvalue weighted by molar-refractivity contribution is 5.95. The van der Waals surface area contributed by atoms with Crippen LogP contribution in [0.5, 0.6) is 0 Å². The summed E-state index contributed by atoms with van der Waals surface area (Å²) >= 11 is 0. The Bertz CT molecular complexity index is 467. The first-order chi connectivity index (χ1) is 8.22. The van der Waals surface area contributed by atoms with Crippen molar-refractivity contribution in [2.45, 2.75) is 12.5 Å². The van der Waals surface area contributed by atoms with Crippen molar-refractivity contribution in [3.05, 3.63) is 48.0 Å². The molecule has 0 spiro atoms. The normalized spacial score (nSPS) is 17.9. The molecule has 0 aliphatic carbocycles. The second-order valence-corrected chi connectivity index (χ2v) is 3.79. The zero-order valence-corrected chi connectivity index (χ0v) is 9.31. The Balaban J connectivity index is 2.14. The van der Waals surface area contributed by atoms with Gasteiger partial charge in [0.1, 0.15) is 0 Å². The fraction of sp³-hybridized carbons (Fsp3) is 0.231. The lowest BCUT2D eigenvalue weighted by Crippen LogP contribution is -2.41. The number of ether oxygens (including phenoxy) is 1. The molecule has 1 heterocycles. The second kappa shape index (κ2) is 4.82. The highest BCUT2D eigenvalue weighted by Gasteiger charge is 2.30. The van der Waals surface area contributed by atoms with Gasteiger partial charge in [0.25, 0.3) is 5.91 Å². The molecule has 1 atom stereocenters. The molecule has 17 heavy (non-hydrogen) atoms. The summed E-state index contributed by atoms with van der Waals surface area (Å²) in [7, 11) is 0. The topological polar surface area (TPSA) is 55.4 Å². The number of cyclic esters (lactones) is 1. The van der Waals surface area contributed by atoms with Crippen LogP contribution in [0.2, 0.25) is 0 Å². The van der Waals surface area contributed by atoms with Crippen LogP contribution in [0, 0.1) is 0 Å². The second-order valence-electron chi connectivity index (χ2n) is 3.79. The van der Waals surface area contributed by atoms with Gasteiger partial charge in [0, 0.05) is 13.0 Å². The third-order valence-electron chi connectivity index (χ3n) is 2.60. The molecule has 2 rings (SSSR count). The molecule has 0 bridgehead atoms. The van der Waals surface area contributed by atoms with Crippen molar-refractivity contribution in [2.75, 3.05) is 6.54 Å². The molecule has 1 aromatic rings. The Labute approximate surface area is 99.3 Å². The Kier molecular flexibility index (Phi) is 3.23. The lowest BCUT2D eigenvalue weighted by molar-refractivity contribution is -0.130. The number of hydrogen-bond donors (Lipinski definition) is 1. The molecule has 88 valence electrons. The van der Waals surface area contributed by atoms with Crippen LogP contribution in [0.3, 0.4) is 0 Å². The fourth-order valence-electron chi connectivity index (χ4n) is 1.76. The van der Waals surface area contributed by atoms with Gasteiger partial charge in [-0.15, -0.1) is 6.58 Å². The number of fused-ring (bicyclic) bond motifs is 1. The van der Waals surface area contributed by atoms with Gasteiger partial charge in [0.15, 0.2) is 6.10 Å². The van der Waals surface area contributed by atoms with Gasteiger partial charge >= 0.3 is 5.97 Å². The van der Waals surface area contributed by atoms with E-state index in [1.807, 2.05) is 12.1 Å². The Hall–Kier alpha value is -2.10. The molecule has 4 heteroatoms. The first kappa shape index (κ1) is 11.4. The molecule has 0 radical (unpaired) electrons. The van der Waals surface area contributed by atoms with E-state index < -0.39 is 12.1 Å². The van der Waals surface area contributed by atoms with Crippen molar-refractivity contribution in [1.82, 2.24) is 5.32 Å². The van der Waals surface area contributed by atoms with Crippen LogP contribution in [-0.2, 0) is 16.0 Å². The number of nitrogens with one attached hydrogen (secondary N) is 1. The van der Waals surface area contributed by atoms with Gasteiger partial charge in [-0.3, -0.25) is 4.79 Å². The van der Waals surface area contributed by atoms with Gasteiger partial charge in [-0.25, -0.2) is 4.79 Å². The van der Waals surface area contributed by atoms with Crippen molar-refractivity contribution in [3.8, 4) is 0 Å². The third kappa shape index (κ3) is 2.36. The molecule has 0 aromatic heterocycles. The van der Waals surface area contributed by atoms with Crippen LogP contribution < -0.4 is 5.32 Å². The predicted molar refractivity (Wildman–Crippen MR) is 62.6 cm³/mol. The van der Waals surface area contributed by atoms with Crippen LogP contribution >= 0.6 is 0 Å². The molecule has 0 fully saturated rings. The highest BCUT2D eigenvalue weighted by Crippen LogP contribution is 2.20. The van der Waals surface area contributed by atoms with E-state index in [-0.39, 0.29) is 5.91 Å². The van der Waals surface area contributed by atoms with Gasteiger partial charge in [-0.05, 0) is 11.6 Å². The number of carbonyl (C=O) groups excluding carboxylic acids is 2. The first-order valence-electron chi connectivity index (χ1n) is 5.40. The van der Waals surface area contributed by atoms with Crippen LogP contribution in [0.1, 0.15) is 15.9 Å². The third-order valence-corrected chi connectivity index (χ3v) is 2.60. The van der Waals surface area contributed by atoms with E-state index >= 15 is 0 Å². The monoisotopic (exact) mass is 231 g/mol. The molecule has 0 saturated heterocycles. The minimum atomic E-state index is -0.739. The van der Waals surface area contributed by atoms with Gasteiger partial charge in [-0.2, -0.15) is 0 Å². The number of benzene rings is 1. The summed E-state index contributed by atoms with van der Waals surface area (Å²) in [5.41, 5.74) is 1.39. The average Bonchev–Trinajstić information content (AvgIpc) is 2.36. The van der Waals surface area contributed by atoms with Crippen molar-refractivity contribution < 1.29 is 14.3 Å².